The topological polar surface area (TPSA) is 22.0 Å². The van der Waals surface area contributed by atoms with Crippen molar-refractivity contribution in [2.45, 2.75) is 38.5 Å². The molecule has 1 aliphatic carbocycles. The fourth-order valence-corrected chi connectivity index (χ4v) is 2.97. The lowest BCUT2D eigenvalue weighted by Gasteiger charge is -2.16. The first-order valence-electron chi connectivity index (χ1n) is 7.04. The largest absolute Gasteiger partial charge is 0.305 e. The predicted molar refractivity (Wildman–Crippen MR) is 86.6 cm³/mol. The third-order valence-electron chi connectivity index (χ3n) is 3.94. The van der Waals surface area contributed by atoms with E-state index in [1.807, 2.05) is 10.6 Å². The van der Waals surface area contributed by atoms with Gasteiger partial charge >= 0.3 is 0 Å². The summed E-state index contributed by atoms with van der Waals surface area (Å²) in [6.45, 7) is 4.20. The van der Waals surface area contributed by atoms with Crippen molar-refractivity contribution in [2.24, 2.45) is 0 Å². The van der Waals surface area contributed by atoms with Crippen molar-refractivity contribution in [3.05, 3.63) is 57.4 Å². The van der Waals surface area contributed by atoms with Crippen molar-refractivity contribution in [2.75, 3.05) is 0 Å². The van der Waals surface area contributed by atoms with Crippen LogP contribution >= 0.6 is 12.6 Å². The maximum Gasteiger partial charge on any atom is 0.255 e. The Morgan fingerprint density at radius 1 is 1.20 bits per heavy atom. The van der Waals surface area contributed by atoms with E-state index in [1.54, 1.807) is 0 Å². The fraction of sp³-hybridized carbons (Fsp3) is 0.353. The summed E-state index contributed by atoms with van der Waals surface area (Å²) in [6.07, 6.45) is 2.21. The van der Waals surface area contributed by atoms with Crippen LogP contribution in [0.2, 0.25) is 0 Å². The summed E-state index contributed by atoms with van der Waals surface area (Å²) in [4.78, 5) is 12.6. The molecule has 0 N–H and O–H groups in total. The van der Waals surface area contributed by atoms with Crippen LogP contribution in [0.4, 0.5) is 0 Å². The number of thiol groups is 1. The van der Waals surface area contributed by atoms with Crippen LogP contribution in [0.25, 0.3) is 11.3 Å². The number of rotatable bonds is 3. The molecule has 20 heavy (non-hydrogen) atoms. The van der Waals surface area contributed by atoms with Gasteiger partial charge in [-0.2, -0.15) is 12.6 Å². The van der Waals surface area contributed by atoms with E-state index >= 15 is 0 Å². The van der Waals surface area contributed by atoms with E-state index in [1.165, 1.54) is 11.1 Å². The molecule has 0 atom stereocenters. The fourth-order valence-electron chi connectivity index (χ4n) is 2.73. The van der Waals surface area contributed by atoms with E-state index < -0.39 is 0 Å². The lowest BCUT2D eigenvalue weighted by molar-refractivity contribution is 0.709. The molecule has 3 heteroatoms. The van der Waals surface area contributed by atoms with Crippen molar-refractivity contribution in [1.82, 2.24) is 4.57 Å². The van der Waals surface area contributed by atoms with Gasteiger partial charge in [-0.25, -0.2) is 0 Å². The average molecular weight is 285 g/mol. The molecule has 0 saturated heterocycles. The van der Waals surface area contributed by atoms with Gasteiger partial charge in [0.1, 0.15) is 0 Å². The Labute approximate surface area is 124 Å². The first-order chi connectivity index (χ1) is 9.61. The molecular formula is C17H19NOS. The summed E-state index contributed by atoms with van der Waals surface area (Å²) in [5.74, 6) is 0.499. The van der Waals surface area contributed by atoms with Crippen molar-refractivity contribution in [3.8, 4) is 11.3 Å². The second kappa shape index (κ2) is 5.13. The molecule has 0 spiro atoms. The quantitative estimate of drug-likeness (QED) is 0.849. The maximum absolute atomic E-state index is 12.6. The molecule has 0 radical (unpaired) electrons. The molecule has 1 fully saturated rings. The van der Waals surface area contributed by atoms with E-state index in [0.29, 0.717) is 11.8 Å². The molecule has 3 rings (SSSR count). The summed E-state index contributed by atoms with van der Waals surface area (Å²) in [5, 5.41) is 0. The Bertz CT molecular complexity index is 713. The van der Waals surface area contributed by atoms with Crippen molar-refractivity contribution in [1.29, 1.82) is 0 Å². The first kappa shape index (κ1) is 13.5. The van der Waals surface area contributed by atoms with Crippen LogP contribution in [0, 0.1) is 13.8 Å². The Hall–Kier alpha value is -1.48. The molecule has 1 aromatic carbocycles. The second-order valence-electron chi connectivity index (χ2n) is 5.63. The standard InChI is InChI=1S/C17H19NOS/c1-11-3-7-15(12(2)9-11)16-8-4-13(10-20)17(19)18(16)14-5-6-14/h3-4,7-9,14,20H,5-6,10H2,1-2H3. The molecule has 0 amide bonds. The summed E-state index contributed by atoms with van der Waals surface area (Å²) in [6, 6.07) is 10.8. The first-order valence-corrected chi connectivity index (χ1v) is 7.68. The zero-order chi connectivity index (χ0) is 14.3. The lowest BCUT2D eigenvalue weighted by Crippen LogP contribution is -2.23. The molecule has 0 aliphatic heterocycles. The summed E-state index contributed by atoms with van der Waals surface area (Å²) < 4.78 is 1.98. The zero-order valence-corrected chi connectivity index (χ0v) is 12.8. The molecular weight excluding hydrogens is 266 g/mol. The van der Waals surface area contributed by atoms with Crippen molar-refractivity contribution < 1.29 is 0 Å². The molecule has 0 bridgehead atoms. The highest BCUT2D eigenvalue weighted by Gasteiger charge is 2.28. The number of pyridine rings is 1. The van der Waals surface area contributed by atoms with Crippen molar-refractivity contribution in [3.63, 3.8) is 0 Å². The van der Waals surface area contributed by atoms with E-state index in [2.05, 4.69) is 50.7 Å². The average Bonchev–Trinajstić information content (AvgIpc) is 3.23. The number of aryl methyl sites for hydroxylation is 2. The Morgan fingerprint density at radius 2 is 1.95 bits per heavy atom. The van der Waals surface area contributed by atoms with Gasteiger partial charge in [-0.05, 0) is 38.3 Å². The minimum atomic E-state index is 0.125. The van der Waals surface area contributed by atoms with E-state index in [0.717, 1.165) is 29.7 Å². The Balaban J connectivity index is 2.23. The van der Waals surface area contributed by atoms with Crippen molar-refractivity contribution >= 4 is 12.6 Å². The lowest BCUT2D eigenvalue weighted by atomic mass is 10.0. The van der Waals surface area contributed by atoms with Gasteiger partial charge in [-0.15, -0.1) is 0 Å². The normalized spacial score (nSPS) is 14.6. The SMILES string of the molecule is Cc1ccc(-c2ccc(CS)c(=O)n2C2CC2)c(C)c1. The van der Waals surface area contributed by atoms with Crippen LogP contribution in [-0.4, -0.2) is 4.57 Å². The van der Waals surface area contributed by atoms with Gasteiger partial charge in [0.25, 0.3) is 5.56 Å². The van der Waals surface area contributed by atoms with Crippen LogP contribution in [0.1, 0.15) is 35.6 Å². The Morgan fingerprint density at radius 3 is 2.55 bits per heavy atom. The van der Waals surface area contributed by atoms with Crippen LogP contribution in [0.15, 0.2) is 35.1 Å². The molecule has 104 valence electrons. The minimum absolute atomic E-state index is 0.125. The number of hydrogen-bond donors (Lipinski definition) is 1. The van der Waals surface area contributed by atoms with Gasteiger partial charge in [0, 0.05) is 22.9 Å². The minimum Gasteiger partial charge on any atom is -0.305 e. The number of benzene rings is 1. The molecule has 2 nitrogen and oxygen atoms in total. The third-order valence-corrected chi connectivity index (χ3v) is 4.28. The smallest absolute Gasteiger partial charge is 0.255 e. The monoisotopic (exact) mass is 285 g/mol. The van der Waals surface area contributed by atoms with Crippen LogP contribution in [-0.2, 0) is 5.75 Å². The highest BCUT2D eigenvalue weighted by molar-refractivity contribution is 7.79. The molecule has 2 aromatic rings. The Kier molecular flexibility index (Phi) is 3.47. The summed E-state index contributed by atoms with van der Waals surface area (Å²) in [7, 11) is 0. The molecule has 1 aliphatic rings. The van der Waals surface area contributed by atoms with Gasteiger partial charge in [0.05, 0.1) is 5.69 Å². The molecule has 0 unspecified atom stereocenters. The van der Waals surface area contributed by atoms with Crippen LogP contribution in [0.5, 0.6) is 0 Å². The van der Waals surface area contributed by atoms with Crippen LogP contribution in [0.3, 0.4) is 0 Å². The van der Waals surface area contributed by atoms with E-state index in [-0.39, 0.29) is 5.56 Å². The van der Waals surface area contributed by atoms with Gasteiger partial charge < -0.3 is 4.57 Å². The summed E-state index contributed by atoms with van der Waals surface area (Å²) >= 11 is 4.26. The highest BCUT2D eigenvalue weighted by Crippen LogP contribution is 2.37. The van der Waals surface area contributed by atoms with Gasteiger partial charge in [0.2, 0.25) is 0 Å². The third kappa shape index (κ3) is 2.31. The van der Waals surface area contributed by atoms with E-state index in [9.17, 15) is 4.79 Å². The number of hydrogen-bond acceptors (Lipinski definition) is 2. The second-order valence-corrected chi connectivity index (χ2v) is 5.94. The van der Waals surface area contributed by atoms with Gasteiger partial charge in [-0.3, -0.25) is 4.79 Å². The highest BCUT2D eigenvalue weighted by atomic mass is 32.1. The maximum atomic E-state index is 12.6. The molecule has 1 heterocycles. The van der Waals surface area contributed by atoms with E-state index in [4.69, 9.17) is 0 Å². The van der Waals surface area contributed by atoms with Gasteiger partial charge in [-0.1, -0.05) is 29.8 Å². The zero-order valence-electron chi connectivity index (χ0n) is 11.9. The molecule has 1 saturated carbocycles. The van der Waals surface area contributed by atoms with Gasteiger partial charge in [0.15, 0.2) is 0 Å². The van der Waals surface area contributed by atoms with Crippen LogP contribution < -0.4 is 5.56 Å². The number of nitrogens with zero attached hydrogens (tertiary/aromatic N) is 1. The summed E-state index contributed by atoms with van der Waals surface area (Å²) in [5.41, 5.74) is 5.58. The number of aromatic nitrogens is 1. The molecule has 1 aromatic heterocycles. The predicted octanol–water partition coefficient (Wildman–Crippen LogP) is 3.90.